The number of rotatable bonds is 6. The molecule has 12 heteroatoms. The topological polar surface area (TPSA) is 124 Å². The lowest BCUT2D eigenvalue weighted by atomic mass is 10.00. The Balaban J connectivity index is 1.64. The van der Waals surface area contributed by atoms with Gasteiger partial charge in [-0.1, -0.05) is 18.2 Å². The van der Waals surface area contributed by atoms with Gasteiger partial charge in [0, 0.05) is 29.8 Å². The van der Waals surface area contributed by atoms with Gasteiger partial charge in [-0.3, -0.25) is 9.48 Å². The summed E-state index contributed by atoms with van der Waals surface area (Å²) in [7, 11) is 1.57. The molecule has 9 nitrogen and oxygen atoms in total. The Morgan fingerprint density at radius 3 is 2.51 bits per heavy atom. The lowest BCUT2D eigenvalue weighted by Gasteiger charge is -2.19. The summed E-state index contributed by atoms with van der Waals surface area (Å²) in [4.78, 5) is 36.4. The number of carboxylic acids is 1. The van der Waals surface area contributed by atoms with E-state index in [9.17, 15) is 32.7 Å². The summed E-state index contributed by atoms with van der Waals surface area (Å²) in [6.45, 7) is 3.60. The third-order valence-electron chi connectivity index (χ3n) is 6.48. The number of anilines is 1. The van der Waals surface area contributed by atoms with Crippen LogP contribution in [0.15, 0.2) is 69.9 Å². The average Bonchev–Trinajstić information content (AvgIpc) is 3.23. The molecular formula is C29H22F3N3O6. The number of halogens is 3. The zero-order valence-corrected chi connectivity index (χ0v) is 21.9. The molecule has 0 aliphatic heterocycles. The van der Waals surface area contributed by atoms with Crippen LogP contribution < -0.4 is 15.5 Å². The zero-order chi connectivity index (χ0) is 29.6. The highest BCUT2D eigenvalue weighted by atomic mass is 19.4. The summed E-state index contributed by atoms with van der Waals surface area (Å²) < 4.78 is 50.4. The van der Waals surface area contributed by atoms with Crippen molar-refractivity contribution >= 4 is 39.5 Å². The molecule has 210 valence electrons. The van der Waals surface area contributed by atoms with Crippen LogP contribution in [0.3, 0.4) is 0 Å². The molecule has 0 spiro atoms. The van der Waals surface area contributed by atoms with E-state index in [1.54, 1.807) is 38.2 Å². The molecule has 5 aromatic rings. The van der Waals surface area contributed by atoms with Crippen molar-refractivity contribution in [2.75, 3.05) is 5.32 Å². The molecule has 0 amide bonds. The quantitative estimate of drug-likeness (QED) is 0.190. The number of hydrogen-bond acceptors (Lipinski definition) is 7. The maximum atomic E-state index is 13.3. The molecule has 0 aliphatic rings. The Labute approximate surface area is 229 Å². The Bertz CT molecular complexity index is 1910. The Morgan fingerprint density at radius 2 is 1.80 bits per heavy atom. The molecule has 2 heterocycles. The van der Waals surface area contributed by atoms with E-state index in [1.165, 1.54) is 35.0 Å². The largest absolute Gasteiger partial charge is 0.491 e. The number of ether oxygens (including phenoxy) is 1. The second-order valence-electron chi connectivity index (χ2n) is 9.46. The lowest BCUT2D eigenvalue weighted by Crippen LogP contribution is -2.27. The average molecular weight is 566 g/mol. The number of para-hydroxylation sites is 1. The Morgan fingerprint density at radius 1 is 1.07 bits per heavy atom. The molecule has 1 atom stereocenters. The van der Waals surface area contributed by atoms with Gasteiger partial charge < -0.3 is 19.6 Å². The number of benzene rings is 3. The predicted molar refractivity (Wildman–Crippen MR) is 144 cm³/mol. The number of aromatic nitrogens is 2. The van der Waals surface area contributed by atoms with Crippen molar-refractivity contribution in [3.8, 4) is 17.2 Å². The molecule has 2 aromatic heterocycles. The number of carboxylic acid groups (broad SMARTS) is 1. The van der Waals surface area contributed by atoms with Crippen LogP contribution in [-0.2, 0) is 11.8 Å². The van der Waals surface area contributed by atoms with Crippen LogP contribution in [0.1, 0.15) is 34.5 Å². The first-order valence-corrected chi connectivity index (χ1v) is 12.3. The van der Waals surface area contributed by atoms with E-state index in [2.05, 4.69) is 15.2 Å². The molecule has 1 unspecified atom stereocenters. The minimum atomic E-state index is -5.18. The normalized spacial score (nSPS) is 12.4. The smallest absolute Gasteiger partial charge is 0.478 e. The highest BCUT2D eigenvalue weighted by Gasteiger charge is 2.41. The number of esters is 1. The molecule has 0 aliphatic carbocycles. The third-order valence-corrected chi connectivity index (χ3v) is 6.48. The maximum absolute atomic E-state index is 13.3. The molecule has 3 aromatic carbocycles. The minimum Gasteiger partial charge on any atom is -0.478 e. The monoisotopic (exact) mass is 565 g/mol. The molecule has 0 saturated heterocycles. The first-order chi connectivity index (χ1) is 19.3. The fourth-order valence-corrected chi connectivity index (χ4v) is 4.68. The van der Waals surface area contributed by atoms with Crippen LogP contribution in [0.5, 0.6) is 5.75 Å². The fraction of sp³-hybridized carbons (Fsp3) is 0.172. The summed E-state index contributed by atoms with van der Waals surface area (Å²) in [5.41, 5.74) is 2.29. The first kappa shape index (κ1) is 27.4. The van der Waals surface area contributed by atoms with Gasteiger partial charge >= 0.3 is 18.1 Å². The van der Waals surface area contributed by atoms with Gasteiger partial charge in [0.05, 0.1) is 22.5 Å². The summed E-state index contributed by atoms with van der Waals surface area (Å²) in [5, 5.41) is 17.7. The number of aromatic carboxylic acids is 1. The summed E-state index contributed by atoms with van der Waals surface area (Å²) >= 11 is 0. The van der Waals surface area contributed by atoms with Gasteiger partial charge in [0.2, 0.25) is 0 Å². The van der Waals surface area contributed by atoms with Gasteiger partial charge in [-0.15, -0.1) is 0 Å². The van der Waals surface area contributed by atoms with Gasteiger partial charge in [0.15, 0.2) is 11.2 Å². The van der Waals surface area contributed by atoms with Crippen molar-refractivity contribution < 1.29 is 37.0 Å². The molecule has 2 N–H and O–H groups in total. The zero-order valence-electron chi connectivity index (χ0n) is 21.9. The number of aryl methyl sites for hydroxylation is 2. The number of alkyl halides is 3. The van der Waals surface area contributed by atoms with Crippen molar-refractivity contribution in [1.29, 1.82) is 0 Å². The van der Waals surface area contributed by atoms with E-state index >= 15 is 0 Å². The number of carbonyl (C=O) groups excluding carboxylic acids is 1. The van der Waals surface area contributed by atoms with Crippen molar-refractivity contribution in [1.82, 2.24) is 9.78 Å². The van der Waals surface area contributed by atoms with E-state index in [-0.39, 0.29) is 44.6 Å². The maximum Gasteiger partial charge on any atom is 0.491 e. The molecule has 0 fully saturated rings. The molecule has 0 saturated carbocycles. The van der Waals surface area contributed by atoms with E-state index in [1.807, 2.05) is 13.0 Å². The number of carbonyl (C=O) groups is 2. The lowest BCUT2D eigenvalue weighted by molar-refractivity contribution is -0.189. The predicted octanol–water partition coefficient (Wildman–Crippen LogP) is 5.99. The molecular weight excluding hydrogens is 543 g/mol. The third kappa shape index (κ3) is 5.23. The highest BCUT2D eigenvalue weighted by molar-refractivity contribution is 5.95. The highest BCUT2D eigenvalue weighted by Crippen LogP contribution is 2.35. The van der Waals surface area contributed by atoms with Crippen molar-refractivity contribution in [2.24, 2.45) is 7.05 Å². The fourth-order valence-electron chi connectivity index (χ4n) is 4.68. The van der Waals surface area contributed by atoms with E-state index in [4.69, 9.17) is 4.42 Å². The van der Waals surface area contributed by atoms with Crippen LogP contribution in [0.25, 0.3) is 33.3 Å². The summed E-state index contributed by atoms with van der Waals surface area (Å²) in [6, 6.07) is 14.4. The Hall–Kier alpha value is -5.13. The van der Waals surface area contributed by atoms with Crippen LogP contribution in [-0.4, -0.2) is 33.0 Å². The number of hydrogen-bond donors (Lipinski definition) is 2. The molecule has 41 heavy (non-hydrogen) atoms. The van der Waals surface area contributed by atoms with Gasteiger partial charge in [0.25, 0.3) is 0 Å². The second kappa shape index (κ2) is 10.1. The standard InChI is InChI=1S/C29H22F3N3O6/c1-14-10-18(15(2)33-21-7-5-4-6-17(21)27(37)38)26-20(11-14)23(36)13-24(41-26)25-19-12-16(40-28(39)29(30,31)32)8-9-22(19)34-35(25)3/h4-13,15,33H,1-3H3,(H,37,38). The summed E-state index contributed by atoms with van der Waals surface area (Å²) in [5.74, 6) is -3.75. The summed E-state index contributed by atoms with van der Waals surface area (Å²) in [6.07, 6.45) is -5.18. The molecule has 0 radical (unpaired) electrons. The molecule has 0 bridgehead atoms. The SMILES string of the molecule is Cc1cc(C(C)Nc2ccccc2C(=O)O)c2oc(-c3c4cc(OC(=O)C(F)(F)F)ccc4nn3C)cc(=O)c2c1. The van der Waals surface area contributed by atoms with Gasteiger partial charge in [-0.05, 0) is 55.8 Å². The van der Waals surface area contributed by atoms with Gasteiger partial charge in [-0.2, -0.15) is 18.3 Å². The minimum absolute atomic E-state index is 0.0711. The van der Waals surface area contributed by atoms with Gasteiger partial charge in [-0.25, -0.2) is 9.59 Å². The van der Waals surface area contributed by atoms with Crippen LogP contribution in [0, 0.1) is 6.92 Å². The van der Waals surface area contributed by atoms with E-state index in [0.717, 1.165) is 5.56 Å². The number of nitrogens with zero attached hydrogens (tertiary/aromatic N) is 2. The molecule has 5 rings (SSSR count). The van der Waals surface area contributed by atoms with Crippen molar-refractivity contribution in [2.45, 2.75) is 26.1 Å². The van der Waals surface area contributed by atoms with Crippen molar-refractivity contribution in [3.05, 3.63) is 87.6 Å². The second-order valence-corrected chi connectivity index (χ2v) is 9.46. The van der Waals surface area contributed by atoms with E-state index < -0.39 is 24.2 Å². The first-order valence-electron chi connectivity index (χ1n) is 12.3. The van der Waals surface area contributed by atoms with Crippen LogP contribution >= 0.6 is 0 Å². The Kier molecular flexibility index (Phi) is 6.77. The van der Waals surface area contributed by atoms with Gasteiger partial charge in [0.1, 0.15) is 17.0 Å². The number of nitrogens with one attached hydrogen (secondary N) is 1. The van der Waals surface area contributed by atoms with Crippen molar-refractivity contribution in [3.63, 3.8) is 0 Å². The number of fused-ring (bicyclic) bond motifs is 2. The van der Waals surface area contributed by atoms with E-state index in [0.29, 0.717) is 16.8 Å². The van der Waals surface area contributed by atoms with Crippen LogP contribution in [0.2, 0.25) is 0 Å². The van der Waals surface area contributed by atoms with Crippen LogP contribution in [0.4, 0.5) is 18.9 Å².